The first kappa shape index (κ1) is 13.5. The van der Waals surface area contributed by atoms with E-state index >= 15 is 0 Å². The van der Waals surface area contributed by atoms with Crippen molar-refractivity contribution in [2.45, 2.75) is 58.2 Å². The molecule has 2 saturated heterocycles. The van der Waals surface area contributed by atoms with E-state index in [0.29, 0.717) is 12.1 Å². The molecule has 0 radical (unpaired) electrons. The molecule has 3 nitrogen and oxygen atoms in total. The maximum atomic E-state index is 4.65. The van der Waals surface area contributed by atoms with Gasteiger partial charge in [-0.05, 0) is 39.7 Å². The summed E-state index contributed by atoms with van der Waals surface area (Å²) in [7, 11) is 0. The first-order valence-corrected chi connectivity index (χ1v) is 8.45. The highest BCUT2D eigenvalue weighted by molar-refractivity contribution is 7.11. The normalized spacial score (nSPS) is 30.5. The number of hydrogen-bond donors (Lipinski definition) is 0. The summed E-state index contributed by atoms with van der Waals surface area (Å²) < 4.78 is 0. The summed E-state index contributed by atoms with van der Waals surface area (Å²) in [6, 6.07) is 1.92. The number of piperazine rings is 1. The minimum Gasteiger partial charge on any atom is -0.298 e. The fourth-order valence-electron chi connectivity index (χ4n) is 3.57. The van der Waals surface area contributed by atoms with Crippen LogP contribution in [0.5, 0.6) is 0 Å². The van der Waals surface area contributed by atoms with Gasteiger partial charge in [0.2, 0.25) is 0 Å². The summed E-state index contributed by atoms with van der Waals surface area (Å²) in [5, 5.41) is 1.30. The van der Waals surface area contributed by atoms with Crippen LogP contribution in [0, 0.1) is 0 Å². The van der Waals surface area contributed by atoms with Gasteiger partial charge in [-0.25, -0.2) is 4.98 Å². The van der Waals surface area contributed by atoms with Crippen LogP contribution in [0.2, 0.25) is 0 Å². The average Bonchev–Trinajstić information content (AvgIpc) is 3.05. The lowest BCUT2D eigenvalue weighted by molar-refractivity contribution is 0.0325. The topological polar surface area (TPSA) is 19.4 Å². The summed E-state index contributed by atoms with van der Waals surface area (Å²) in [5.41, 5.74) is 0. The number of nitrogens with zero attached hydrogens (tertiary/aromatic N) is 3. The molecule has 3 unspecified atom stereocenters. The van der Waals surface area contributed by atoms with E-state index in [-0.39, 0.29) is 0 Å². The van der Waals surface area contributed by atoms with Gasteiger partial charge in [-0.1, -0.05) is 6.92 Å². The number of rotatable bonds is 3. The first-order chi connectivity index (χ1) is 9.19. The Bertz CT molecular complexity index is 431. The zero-order valence-corrected chi connectivity index (χ0v) is 13.1. The van der Waals surface area contributed by atoms with Gasteiger partial charge in [-0.2, -0.15) is 0 Å². The number of aryl methyl sites for hydroxylation is 1. The van der Waals surface area contributed by atoms with Gasteiger partial charge < -0.3 is 0 Å². The van der Waals surface area contributed by atoms with Crippen LogP contribution in [-0.2, 0) is 6.42 Å². The van der Waals surface area contributed by atoms with Crippen LogP contribution < -0.4 is 0 Å². The molecule has 1 aromatic rings. The van der Waals surface area contributed by atoms with Gasteiger partial charge in [0.1, 0.15) is 5.01 Å². The van der Waals surface area contributed by atoms with E-state index in [4.69, 9.17) is 0 Å². The van der Waals surface area contributed by atoms with E-state index in [0.717, 1.165) is 12.5 Å². The summed E-state index contributed by atoms with van der Waals surface area (Å²) >= 11 is 1.90. The second-order valence-electron chi connectivity index (χ2n) is 6.03. The van der Waals surface area contributed by atoms with Crippen molar-refractivity contribution in [1.82, 2.24) is 14.8 Å². The Morgan fingerprint density at radius 2 is 2.32 bits per heavy atom. The molecule has 106 valence electrons. The summed E-state index contributed by atoms with van der Waals surface area (Å²) in [6.07, 6.45) is 5.94. The van der Waals surface area contributed by atoms with Gasteiger partial charge in [-0.3, -0.25) is 9.80 Å². The van der Waals surface area contributed by atoms with Crippen molar-refractivity contribution >= 4 is 11.3 Å². The molecule has 3 rings (SSSR count). The maximum Gasteiger partial charge on any atom is 0.110 e. The van der Waals surface area contributed by atoms with Crippen LogP contribution in [-0.4, -0.2) is 46.5 Å². The van der Waals surface area contributed by atoms with Gasteiger partial charge >= 0.3 is 0 Å². The fourth-order valence-corrected chi connectivity index (χ4v) is 4.50. The molecule has 0 aromatic carbocycles. The SMILES string of the molecule is CCc1cnc(C(C)N2CC3CCCN3CC2C)s1. The molecule has 1 aromatic heterocycles. The Morgan fingerprint density at radius 3 is 3.05 bits per heavy atom. The molecular weight excluding hydrogens is 254 g/mol. The third-order valence-electron chi connectivity index (χ3n) is 4.76. The van der Waals surface area contributed by atoms with Crippen LogP contribution >= 0.6 is 11.3 Å². The third-order valence-corrected chi connectivity index (χ3v) is 6.07. The largest absolute Gasteiger partial charge is 0.298 e. The molecule has 3 heterocycles. The Kier molecular flexibility index (Phi) is 3.92. The van der Waals surface area contributed by atoms with E-state index < -0.39 is 0 Å². The molecule has 19 heavy (non-hydrogen) atoms. The van der Waals surface area contributed by atoms with Crippen molar-refractivity contribution in [2.75, 3.05) is 19.6 Å². The van der Waals surface area contributed by atoms with Gasteiger partial charge in [0, 0.05) is 36.2 Å². The van der Waals surface area contributed by atoms with Crippen LogP contribution in [0.1, 0.15) is 49.5 Å². The Morgan fingerprint density at radius 1 is 1.47 bits per heavy atom. The molecule has 0 spiro atoms. The third kappa shape index (κ3) is 2.58. The van der Waals surface area contributed by atoms with Crippen molar-refractivity contribution in [3.63, 3.8) is 0 Å². The summed E-state index contributed by atoms with van der Waals surface area (Å²) in [6.45, 7) is 10.7. The minimum atomic E-state index is 0.475. The fraction of sp³-hybridized carbons (Fsp3) is 0.800. The van der Waals surface area contributed by atoms with E-state index in [9.17, 15) is 0 Å². The molecule has 2 aliphatic rings. The van der Waals surface area contributed by atoms with Crippen LogP contribution in [0.25, 0.3) is 0 Å². The first-order valence-electron chi connectivity index (χ1n) is 7.63. The Hall–Kier alpha value is -0.450. The smallest absolute Gasteiger partial charge is 0.110 e. The number of fused-ring (bicyclic) bond motifs is 1. The Balaban J connectivity index is 1.73. The van der Waals surface area contributed by atoms with Crippen molar-refractivity contribution in [1.29, 1.82) is 0 Å². The van der Waals surface area contributed by atoms with E-state index in [2.05, 4.69) is 41.8 Å². The summed E-state index contributed by atoms with van der Waals surface area (Å²) in [4.78, 5) is 11.4. The molecule has 2 aliphatic heterocycles. The highest BCUT2D eigenvalue weighted by Crippen LogP contribution is 2.32. The monoisotopic (exact) mass is 279 g/mol. The molecule has 2 fully saturated rings. The molecule has 0 saturated carbocycles. The zero-order chi connectivity index (χ0) is 13.4. The highest BCUT2D eigenvalue weighted by atomic mass is 32.1. The predicted molar refractivity (Wildman–Crippen MR) is 80.7 cm³/mol. The van der Waals surface area contributed by atoms with Gasteiger partial charge in [-0.15, -0.1) is 11.3 Å². The lowest BCUT2D eigenvalue weighted by Gasteiger charge is -2.44. The number of hydrogen-bond acceptors (Lipinski definition) is 4. The highest BCUT2D eigenvalue weighted by Gasteiger charge is 2.37. The van der Waals surface area contributed by atoms with Crippen molar-refractivity contribution in [2.24, 2.45) is 0 Å². The van der Waals surface area contributed by atoms with E-state index in [1.807, 2.05) is 11.3 Å². The predicted octanol–water partition coefficient (Wildman–Crippen LogP) is 2.94. The molecular formula is C15H25N3S. The van der Waals surface area contributed by atoms with E-state index in [1.54, 1.807) is 0 Å². The van der Waals surface area contributed by atoms with Crippen LogP contribution in [0.4, 0.5) is 0 Å². The van der Waals surface area contributed by atoms with Gasteiger partial charge in [0.15, 0.2) is 0 Å². The maximum absolute atomic E-state index is 4.65. The second kappa shape index (κ2) is 5.51. The molecule has 0 bridgehead atoms. The molecule has 0 aliphatic carbocycles. The zero-order valence-electron chi connectivity index (χ0n) is 12.3. The average molecular weight is 279 g/mol. The lowest BCUT2D eigenvalue weighted by atomic mass is 10.1. The molecule has 3 atom stereocenters. The standard InChI is InChI=1S/C15H25N3S/c1-4-14-8-16-15(19-14)12(3)18-10-13-6-5-7-17(13)9-11(18)2/h8,11-13H,4-7,9-10H2,1-3H3. The Labute approximate surface area is 120 Å². The van der Waals surface area contributed by atoms with Crippen LogP contribution in [0.3, 0.4) is 0 Å². The van der Waals surface area contributed by atoms with Crippen molar-refractivity contribution < 1.29 is 0 Å². The summed E-state index contributed by atoms with van der Waals surface area (Å²) in [5.74, 6) is 0. The van der Waals surface area contributed by atoms with Crippen molar-refractivity contribution in [3.8, 4) is 0 Å². The van der Waals surface area contributed by atoms with Crippen molar-refractivity contribution in [3.05, 3.63) is 16.1 Å². The number of thiazole rings is 1. The van der Waals surface area contributed by atoms with Gasteiger partial charge in [0.25, 0.3) is 0 Å². The molecule has 0 amide bonds. The quantitative estimate of drug-likeness (QED) is 0.848. The molecule has 0 N–H and O–H groups in total. The second-order valence-corrected chi connectivity index (χ2v) is 7.18. The molecule has 4 heteroatoms. The minimum absolute atomic E-state index is 0.475. The number of aromatic nitrogens is 1. The van der Waals surface area contributed by atoms with Gasteiger partial charge in [0.05, 0.1) is 6.04 Å². The van der Waals surface area contributed by atoms with E-state index in [1.165, 1.54) is 42.4 Å². The van der Waals surface area contributed by atoms with Crippen LogP contribution in [0.15, 0.2) is 6.20 Å². The lowest BCUT2D eigenvalue weighted by Crippen LogP contribution is -2.55.